The van der Waals surface area contributed by atoms with Gasteiger partial charge in [-0.3, -0.25) is 9.59 Å². The summed E-state index contributed by atoms with van der Waals surface area (Å²) in [5.41, 5.74) is 1.11. The van der Waals surface area contributed by atoms with E-state index in [1.165, 1.54) is 17.9 Å². The van der Waals surface area contributed by atoms with E-state index in [0.29, 0.717) is 0 Å². The molecule has 1 aromatic heterocycles. The number of nitrogens with zero attached hydrogens (tertiary/aromatic N) is 2. The Hall–Kier alpha value is -3.13. The number of carbonyl (C=O) groups is 3. The maximum absolute atomic E-state index is 13.7. The number of carboxylic acids is 1. The Bertz CT molecular complexity index is 1160. The summed E-state index contributed by atoms with van der Waals surface area (Å²) < 4.78 is 2.06. The maximum atomic E-state index is 13.7. The Kier molecular flexibility index (Phi) is 8.78. The third-order valence-corrected chi connectivity index (χ3v) is 7.05. The molecule has 198 valence electrons. The molecule has 0 fully saturated rings. The van der Waals surface area contributed by atoms with Gasteiger partial charge in [0.25, 0.3) is 0 Å². The fourth-order valence-corrected chi connectivity index (χ4v) is 4.65. The monoisotopic (exact) mass is 498 g/mol. The van der Waals surface area contributed by atoms with Gasteiger partial charge < -0.3 is 25.2 Å². The van der Waals surface area contributed by atoms with Crippen molar-refractivity contribution in [3.63, 3.8) is 0 Å². The van der Waals surface area contributed by atoms with Gasteiger partial charge in [0, 0.05) is 48.2 Å². The molecule has 36 heavy (non-hydrogen) atoms. The Morgan fingerprint density at radius 2 is 1.67 bits per heavy atom. The molecule has 0 saturated carbocycles. The molecule has 1 heterocycles. The van der Waals surface area contributed by atoms with Gasteiger partial charge in [0.05, 0.1) is 6.04 Å². The van der Waals surface area contributed by atoms with Crippen molar-refractivity contribution in [1.29, 1.82) is 0 Å². The van der Waals surface area contributed by atoms with E-state index in [1.807, 2.05) is 53.8 Å². The second-order valence-electron chi connectivity index (χ2n) is 11.3. The number of carbonyl (C=O) groups excluding carboxylic acids is 2. The topological polar surface area (TPSA) is 104 Å². The number of hydrogen-bond donors (Lipinski definition) is 3. The van der Waals surface area contributed by atoms with Crippen LogP contribution in [0.3, 0.4) is 0 Å². The van der Waals surface area contributed by atoms with Crippen molar-refractivity contribution in [1.82, 2.24) is 20.1 Å². The minimum atomic E-state index is -1.03. The van der Waals surface area contributed by atoms with Crippen molar-refractivity contribution in [2.75, 3.05) is 14.1 Å². The van der Waals surface area contributed by atoms with Gasteiger partial charge in [-0.15, -0.1) is 0 Å². The van der Waals surface area contributed by atoms with Crippen molar-refractivity contribution >= 4 is 28.7 Å². The van der Waals surface area contributed by atoms with Crippen LogP contribution in [0.15, 0.2) is 42.1 Å². The average Bonchev–Trinajstić information content (AvgIpc) is 3.13. The smallest absolute Gasteiger partial charge is 0.331 e. The Morgan fingerprint density at radius 1 is 1.08 bits per heavy atom. The van der Waals surface area contributed by atoms with Crippen molar-refractivity contribution in [2.24, 2.45) is 12.5 Å². The Balaban J connectivity index is 2.38. The highest BCUT2D eigenvalue weighted by atomic mass is 16.4. The lowest BCUT2D eigenvalue weighted by Crippen LogP contribution is -2.61. The SMILES string of the molecule is CN[C@H](C(=O)N[C@H](C(=O)N(C)[C@H](C)C=C(C)C(=O)O)C(C)(C)C)C(C)(C)c1cn(C)c2ccccc12. The number of benzene rings is 1. The van der Waals surface area contributed by atoms with E-state index >= 15 is 0 Å². The predicted octanol–water partition coefficient (Wildman–Crippen LogP) is 3.45. The molecule has 8 nitrogen and oxygen atoms in total. The quantitative estimate of drug-likeness (QED) is 0.460. The molecule has 3 atom stereocenters. The van der Waals surface area contributed by atoms with Crippen LogP contribution in [0, 0.1) is 5.41 Å². The van der Waals surface area contributed by atoms with Gasteiger partial charge in [-0.1, -0.05) is 58.9 Å². The number of amides is 2. The van der Waals surface area contributed by atoms with Crippen molar-refractivity contribution in [3.8, 4) is 0 Å². The third kappa shape index (κ3) is 5.98. The highest BCUT2D eigenvalue weighted by molar-refractivity contribution is 5.93. The van der Waals surface area contributed by atoms with Crippen LogP contribution in [0.2, 0.25) is 0 Å². The number of nitrogens with one attached hydrogen (secondary N) is 2. The van der Waals surface area contributed by atoms with E-state index in [0.717, 1.165) is 16.5 Å². The van der Waals surface area contributed by atoms with Crippen LogP contribution in [-0.2, 0) is 26.8 Å². The summed E-state index contributed by atoms with van der Waals surface area (Å²) in [6, 6.07) is 6.21. The predicted molar refractivity (Wildman–Crippen MR) is 144 cm³/mol. The summed E-state index contributed by atoms with van der Waals surface area (Å²) in [6.45, 7) is 13.0. The molecule has 2 amide bonds. The second-order valence-corrected chi connectivity index (χ2v) is 11.3. The molecule has 0 spiro atoms. The first-order chi connectivity index (χ1) is 16.5. The van der Waals surface area contributed by atoms with E-state index < -0.39 is 34.9 Å². The van der Waals surface area contributed by atoms with Gasteiger partial charge in [0.2, 0.25) is 11.8 Å². The second kappa shape index (κ2) is 10.9. The normalized spacial score (nSPS) is 15.3. The van der Waals surface area contributed by atoms with Crippen LogP contribution >= 0.6 is 0 Å². The Morgan fingerprint density at radius 3 is 2.19 bits per heavy atom. The average molecular weight is 499 g/mol. The first kappa shape index (κ1) is 29.1. The van der Waals surface area contributed by atoms with Gasteiger partial charge in [-0.25, -0.2) is 4.79 Å². The number of para-hydroxylation sites is 1. The van der Waals surface area contributed by atoms with Gasteiger partial charge in [0.1, 0.15) is 6.04 Å². The number of aromatic nitrogens is 1. The molecule has 1 aromatic carbocycles. The van der Waals surface area contributed by atoms with Crippen LogP contribution in [-0.4, -0.2) is 64.6 Å². The molecule has 2 aromatic rings. The summed E-state index contributed by atoms with van der Waals surface area (Å²) in [7, 11) is 5.36. The molecule has 0 radical (unpaired) electrons. The largest absolute Gasteiger partial charge is 0.478 e. The number of aryl methyl sites for hydroxylation is 1. The van der Waals surface area contributed by atoms with Gasteiger partial charge in [-0.2, -0.15) is 0 Å². The lowest BCUT2D eigenvalue weighted by molar-refractivity contribution is -0.140. The molecule has 8 heteroatoms. The van der Waals surface area contributed by atoms with Crippen molar-refractivity contribution in [2.45, 2.75) is 72.0 Å². The minimum absolute atomic E-state index is 0.158. The zero-order valence-electron chi connectivity index (χ0n) is 23.3. The fraction of sp³-hybridized carbons (Fsp3) is 0.536. The lowest BCUT2D eigenvalue weighted by atomic mass is 9.76. The molecule has 0 unspecified atom stereocenters. The lowest BCUT2D eigenvalue weighted by Gasteiger charge is -2.38. The van der Waals surface area contributed by atoms with Gasteiger partial charge in [-0.05, 0) is 37.9 Å². The summed E-state index contributed by atoms with van der Waals surface area (Å²) in [5.74, 6) is -1.59. The standard InChI is InChI=1S/C28H42N4O4/c1-17(26(35)36)15-18(2)32(10)25(34)23(27(3,4)5)30-24(33)22(29-8)28(6,7)20-16-31(9)21-14-12-11-13-19(20)21/h11-16,18,22-23,29H,1-10H3,(H,30,33)(H,35,36)/t18-,22-,23-/m1/s1. The molecule has 0 aliphatic heterocycles. The minimum Gasteiger partial charge on any atom is -0.478 e. The zero-order chi connectivity index (χ0) is 27.6. The number of rotatable bonds is 9. The first-order valence-electron chi connectivity index (χ1n) is 12.2. The van der Waals surface area contributed by atoms with E-state index in [2.05, 4.69) is 33.5 Å². The molecule has 0 saturated heterocycles. The van der Waals surface area contributed by atoms with Crippen LogP contribution in [0.5, 0.6) is 0 Å². The van der Waals surface area contributed by atoms with Crippen molar-refractivity contribution < 1.29 is 19.5 Å². The van der Waals surface area contributed by atoms with E-state index in [1.54, 1.807) is 21.0 Å². The Labute approximate surface area is 214 Å². The molecular formula is C28H42N4O4. The number of aliphatic carboxylic acids is 1. The first-order valence-corrected chi connectivity index (χ1v) is 12.2. The van der Waals surface area contributed by atoms with Crippen LogP contribution in [0.4, 0.5) is 0 Å². The van der Waals surface area contributed by atoms with Crippen LogP contribution in [0.1, 0.15) is 54.0 Å². The molecule has 0 aliphatic carbocycles. The number of hydrogen-bond acceptors (Lipinski definition) is 4. The highest BCUT2D eigenvalue weighted by Crippen LogP contribution is 2.35. The van der Waals surface area contributed by atoms with E-state index in [-0.39, 0.29) is 17.4 Å². The highest BCUT2D eigenvalue weighted by Gasteiger charge is 2.42. The third-order valence-electron chi connectivity index (χ3n) is 7.05. The van der Waals surface area contributed by atoms with Gasteiger partial charge in [0.15, 0.2) is 0 Å². The molecular weight excluding hydrogens is 456 g/mol. The zero-order valence-corrected chi connectivity index (χ0v) is 23.3. The summed E-state index contributed by atoms with van der Waals surface area (Å²) in [4.78, 5) is 40.0. The van der Waals surface area contributed by atoms with Crippen LogP contribution in [0.25, 0.3) is 10.9 Å². The summed E-state index contributed by atoms with van der Waals surface area (Å²) in [5, 5.41) is 16.5. The molecule has 2 rings (SSSR count). The molecule has 0 bridgehead atoms. The van der Waals surface area contributed by atoms with Crippen LogP contribution < -0.4 is 10.6 Å². The number of fused-ring (bicyclic) bond motifs is 1. The summed E-state index contributed by atoms with van der Waals surface area (Å²) >= 11 is 0. The summed E-state index contributed by atoms with van der Waals surface area (Å²) in [6.07, 6.45) is 3.59. The number of carboxylic acid groups (broad SMARTS) is 1. The maximum Gasteiger partial charge on any atom is 0.331 e. The molecule has 3 N–H and O–H groups in total. The van der Waals surface area contributed by atoms with Gasteiger partial charge >= 0.3 is 5.97 Å². The molecule has 0 aliphatic rings. The van der Waals surface area contributed by atoms with E-state index in [9.17, 15) is 19.5 Å². The fourth-order valence-electron chi connectivity index (χ4n) is 4.65. The van der Waals surface area contributed by atoms with Crippen molar-refractivity contribution in [3.05, 3.63) is 47.7 Å². The van der Waals surface area contributed by atoms with E-state index in [4.69, 9.17) is 0 Å². The number of likely N-dealkylation sites (N-methyl/N-ethyl adjacent to an activating group) is 2.